The number of hydrogen-bond donors (Lipinski definition) is 7. The normalized spacial score (nSPS) is 46.9. The summed E-state index contributed by atoms with van der Waals surface area (Å²) < 4.78 is 15.9. The number of hydrogen-bond acceptors (Lipinski definition) is 10. The van der Waals surface area contributed by atoms with Crippen molar-refractivity contribution in [2.24, 2.45) is 0 Å². The topological polar surface area (TPSA) is 186 Å². The lowest BCUT2D eigenvalue weighted by Crippen LogP contribution is -2.62. The molecule has 2 fully saturated rings. The van der Waals surface area contributed by atoms with E-state index in [0.717, 1.165) is 0 Å². The number of rotatable bonds is 6. The molecule has 26 heavy (non-hydrogen) atoms. The summed E-state index contributed by atoms with van der Waals surface area (Å²) in [7, 11) is 0. The second-order valence-corrected chi connectivity index (χ2v) is 6.63. The van der Waals surface area contributed by atoms with Crippen molar-refractivity contribution in [3.8, 4) is 0 Å². The summed E-state index contributed by atoms with van der Waals surface area (Å²) in [4.78, 5) is 10.7. The fourth-order valence-corrected chi connectivity index (χ4v) is 3.28. The molecule has 0 aromatic rings. The van der Waals surface area contributed by atoms with E-state index in [-0.39, 0.29) is 6.42 Å². The average molecular weight is 382 g/mol. The maximum absolute atomic E-state index is 10.7. The minimum atomic E-state index is -1.47. The van der Waals surface area contributed by atoms with Gasteiger partial charge in [-0.05, 0) is 6.92 Å². The van der Waals surface area contributed by atoms with E-state index in [2.05, 4.69) is 0 Å². The zero-order valence-corrected chi connectivity index (χ0v) is 14.2. The molecule has 10 atom stereocenters. The van der Waals surface area contributed by atoms with Gasteiger partial charge in [0.25, 0.3) is 0 Å². The smallest absolute Gasteiger partial charge is 0.329 e. The zero-order chi connectivity index (χ0) is 19.6. The maximum Gasteiger partial charge on any atom is 0.329 e. The van der Waals surface area contributed by atoms with Gasteiger partial charge in [-0.2, -0.15) is 0 Å². The minimum Gasteiger partial charge on any atom is -0.480 e. The Labute approximate surface area is 149 Å². The van der Waals surface area contributed by atoms with Crippen LogP contribution in [0.4, 0.5) is 0 Å². The molecule has 2 aliphatic rings. The summed E-state index contributed by atoms with van der Waals surface area (Å²) in [5.74, 6) is -1.30. The Kier molecular flexibility index (Phi) is 7.30. The molecule has 2 rings (SSSR count). The molecule has 2 saturated heterocycles. The Morgan fingerprint density at radius 3 is 2.04 bits per heavy atom. The second kappa shape index (κ2) is 8.87. The molecular weight excluding hydrogens is 356 g/mol. The van der Waals surface area contributed by atoms with E-state index >= 15 is 0 Å². The molecule has 11 heteroatoms. The Morgan fingerprint density at radius 1 is 0.885 bits per heavy atom. The van der Waals surface area contributed by atoms with Gasteiger partial charge in [0.15, 0.2) is 0 Å². The first-order valence-electron chi connectivity index (χ1n) is 8.32. The molecule has 0 bridgehead atoms. The summed E-state index contributed by atoms with van der Waals surface area (Å²) in [6, 6.07) is 0. The molecule has 0 aliphatic carbocycles. The van der Waals surface area contributed by atoms with Gasteiger partial charge < -0.3 is 50.0 Å². The van der Waals surface area contributed by atoms with Gasteiger partial charge in [0.05, 0.1) is 24.9 Å². The van der Waals surface area contributed by atoms with E-state index in [4.69, 9.17) is 19.3 Å². The number of aliphatic hydroxyl groups is 6. The zero-order valence-electron chi connectivity index (χ0n) is 14.2. The fourth-order valence-electron chi connectivity index (χ4n) is 3.28. The molecule has 2 heterocycles. The molecule has 2 aliphatic heterocycles. The van der Waals surface area contributed by atoms with Crippen LogP contribution in [0.2, 0.25) is 0 Å². The lowest BCUT2D eigenvalue weighted by molar-refractivity contribution is -0.263. The number of carboxylic acid groups (broad SMARTS) is 1. The summed E-state index contributed by atoms with van der Waals surface area (Å²) >= 11 is 0. The van der Waals surface area contributed by atoms with Gasteiger partial charge >= 0.3 is 5.97 Å². The van der Waals surface area contributed by atoms with Crippen LogP contribution in [0, 0.1) is 0 Å². The molecule has 0 radical (unpaired) electrons. The third kappa shape index (κ3) is 4.50. The predicted molar refractivity (Wildman–Crippen MR) is 82.1 cm³/mol. The summed E-state index contributed by atoms with van der Waals surface area (Å²) in [6.45, 7) is 0.126. The molecule has 0 aromatic carbocycles. The van der Waals surface area contributed by atoms with Gasteiger partial charge in [-0.25, -0.2) is 4.79 Å². The summed E-state index contributed by atoms with van der Waals surface area (Å²) in [5.41, 5.74) is 0. The van der Waals surface area contributed by atoms with Crippen molar-refractivity contribution in [1.29, 1.82) is 0 Å². The SMILES string of the molecule is CC1O[C@@H](C[C@@H]2OC(CO)[C@H](O)C(OCC(=O)O)C2O)C(O)C(O)[C@@H]1O. The van der Waals surface area contributed by atoms with Gasteiger partial charge in [0, 0.05) is 6.42 Å². The lowest BCUT2D eigenvalue weighted by Gasteiger charge is -2.45. The van der Waals surface area contributed by atoms with Crippen molar-refractivity contribution in [3.05, 3.63) is 0 Å². The Balaban J connectivity index is 2.10. The highest BCUT2D eigenvalue weighted by Gasteiger charge is 2.49. The van der Waals surface area contributed by atoms with Crippen LogP contribution in [-0.4, -0.2) is 116 Å². The van der Waals surface area contributed by atoms with Gasteiger partial charge in [-0.3, -0.25) is 0 Å². The highest BCUT2D eigenvalue weighted by Crippen LogP contribution is 2.30. The first-order valence-corrected chi connectivity index (χ1v) is 8.32. The minimum absolute atomic E-state index is 0.146. The van der Waals surface area contributed by atoms with Gasteiger partial charge in [0.2, 0.25) is 0 Å². The number of aliphatic carboxylic acids is 1. The Bertz CT molecular complexity index is 475. The van der Waals surface area contributed by atoms with Gasteiger partial charge in [-0.15, -0.1) is 0 Å². The van der Waals surface area contributed by atoms with Crippen LogP contribution in [0.25, 0.3) is 0 Å². The lowest BCUT2D eigenvalue weighted by atomic mass is 9.87. The molecule has 11 nitrogen and oxygen atoms in total. The van der Waals surface area contributed by atoms with E-state index in [0.29, 0.717) is 0 Å². The Morgan fingerprint density at radius 2 is 1.46 bits per heavy atom. The van der Waals surface area contributed by atoms with Crippen molar-refractivity contribution in [2.75, 3.05) is 13.2 Å². The monoisotopic (exact) mass is 382 g/mol. The highest BCUT2D eigenvalue weighted by atomic mass is 16.6. The molecule has 152 valence electrons. The van der Waals surface area contributed by atoms with Crippen molar-refractivity contribution in [1.82, 2.24) is 0 Å². The third-order valence-corrected chi connectivity index (χ3v) is 4.78. The number of aliphatic hydroxyl groups excluding tert-OH is 6. The highest BCUT2D eigenvalue weighted by molar-refractivity contribution is 5.68. The van der Waals surface area contributed by atoms with E-state index < -0.39 is 80.2 Å². The van der Waals surface area contributed by atoms with E-state index in [1.165, 1.54) is 6.92 Å². The van der Waals surface area contributed by atoms with Crippen molar-refractivity contribution in [3.63, 3.8) is 0 Å². The maximum atomic E-state index is 10.7. The number of ether oxygens (including phenoxy) is 3. The Hall–Kier alpha value is -0.890. The molecule has 0 aromatic heterocycles. The van der Waals surface area contributed by atoms with Crippen LogP contribution in [0.3, 0.4) is 0 Å². The van der Waals surface area contributed by atoms with Crippen molar-refractivity contribution >= 4 is 5.97 Å². The van der Waals surface area contributed by atoms with E-state index in [9.17, 15) is 35.4 Å². The molecule has 7 N–H and O–H groups in total. The van der Waals surface area contributed by atoms with Crippen molar-refractivity contribution < 1.29 is 54.8 Å². The third-order valence-electron chi connectivity index (χ3n) is 4.78. The standard InChI is InChI=1S/C15H26O11/c1-5-10(19)14(23)11(20)6(25-5)2-7-12(21)15(24-4-9(17)18)13(22)8(3-16)26-7/h5-8,10-16,19-23H,2-4H2,1H3,(H,17,18)/t5?,6-,7-,8?,10+,11?,12?,13-,14?,15?/m0/s1. The largest absolute Gasteiger partial charge is 0.480 e. The van der Waals surface area contributed by atoms with Crippen LogP contribution in [-0.2, 0) is 19.0 Å². The van der Waals surface area contributed by atoms with Crippen LogP contribution in [0.1, 0.15) is 13.3 Å². The predicted octanol–water partition coefficient (Wildman–Crippen LogP) is -3.80. The van der Waals surface area contributed by atoms with Crippen LogP contribution in [0.5, 0.6) is 0 Å². The van der Waals surface area contributed by atoms with E-state index in [1.807, 2.05) is 0 Å². The van der Waals surface area contributed by atoms with Gasteiger partial charge in [-0.1, -0.05) is 0 Å². The van der Waals surface area contributed by atoms with Crippen molar-refractivity contribution in [2.45, 2.75) is 74.4 Å². The van der Waals surface area contributed by atoms with Crippen LogP contribution in [0.15, 0.2) is 0 Å². The number of carbonyl (C=O) groups is 1. The molecule has 0 amide bonds. The summed E-state index contributed by atoms with van der Waals surface area (Å²) in [6.07, 6.45) is -12.6. The average Bonchev–Trinajstić information content (AvgIpc) is 2.59. The molecular formula is C15H26O11. The second-order valence-electron chi connectivity index (χ2n) is 6.63. The molecule has 0 spiro atoms. The summed E-state index contributed by atoms with van der Waals surface area (Å²) in [5, 5.41) is 68.2. The molecule has 0 saturated carbocycles. The van der Waals surface area contributed by atoms with E-state index in [1.54, 1.807) is 0 Å². The number of carboxylic acids is 1. The first-order chi connectivity index (χ1) is 12.2. The first kappa shape index (κ1) is 21.4. The molecule has 6 unspecified atom stereocenters. The van der Waals surface area contributed by atoms with Crippen LogP contribution < -0.4 is 0 Å². The van der Waals surface area contributed by atoms with Crippen LogP contribution >= 0.6 is 0 Å². The van der Waals surface area contributed by atoms with Gasteiger partial charge in [0.1, 0.15) is 49.3 Å². The quantitative estimate of drug-likeness (QED) is 0.239. The fraction of sp³-hybridized carbons (Fsp3) is 0.933.